The van der Waals surface area contributed by atoms with Crippen LogP contribution in [0.2, 0.25) is 0 Å². The van der Waals surface area contributed by atoms with Gasteiger partial charge in [0, 0.05) is 19.3 Å². The van der Waals surface area contributed by atoms with E-state index < -0.39 is 6.10 Å². The van der Waals surface area contributed by atoms with Crippen molar-refractivity contribution < 1.29 is 28.6 Å². The summed E-state index contributed by atoms with van der Waals surface area (Å²) < 4.78 is 16.7. The average molecular weight is 931 g/mol. The largest absolute Gasteiger partial charge is 0.462 e. The first-order chi connectivity index (χ1) is 33.0. The molecule has 0 aliphatic rings. The summed E-state index contributed by atoms with van der Waals surface area (Å²) in [6.07, 6.45) is 72.9. The highest BCUT2D eigenvalue weighted by Gasteiger charge is 2.19. The molecule has 6 nitrogen and oxygen atoms in total. The monoisotopic (exact) mass is 931 g/mol. The van der Waals surface area contributed by atoms with Crippen molar-refractivity contribution in [1.82, 2.24) is 0 Å². The number of hydrogen-bond donors (Lipinski definition) is 0. The first-order valence-corrected chi connectivity index (χ1v) is 27.7. The zero-order chi connectivity index (χ0) is 48.6. The molecule has 0 aromatic heterocycles. The summed E-state index contributed by atoms with van der Waals surface area (Å²) in [6.45, 7) is 6.41. The van der Waals surface area contributed by atoms with Crippen LogP contribution in [0.1, 0.15) is 252 Å². The van der Waals surface area contributed by atoms with Gasteiger partial charge in [-0.15, -0.1) is 0 Å². The molecule has 0 aromatic rings. The van der Waals surface area contributed by atoms with E-state index in [0.717, 1.165) is 128 Å². The van der Waals surface area contributed by atoms with E-state index in [9.17, 15) is 14.4 Å². The molecule has 0 N–H and O–H groups in total. The van der Waals surface area contributed by atoms with Gasteiger partial charge >= 0.3 is 17.9 Å². The zero-order valence-electron chi connectivity index (χ0n) is 43.6. The molecule has 0 aromatic carbocycles. The minimum Gasteiger partial charge on any atom is -0.462 e. The molecule has 1 atom stereocenters. The normalized spacial score (nSPS) is 12.8. The molecule has 0 saturated heterocycles. The summed E-state index contributed by atoms with van der Waals surface area (Å²) in [5.74, 6) is -0.926. The summed E-state index contributed by atoms with van der Waals surface area (Å²) in [5, 5.41) is 0. The highest BCUT2D eigenvalue weighted by Crippen LogP contribution is 2.14. The Labute approximate surface area is 413 Å². The Bertz CT molecular complexity index is 1350. The number of ether oxygens (including phenoxy) is 3. The van der Waals surface area contributed by atoms with Crippen LogP contribution in [0.3, 0.4) is 0 Å². The molecule has 0 fully saturated rings. The molecule has 0 aliphatic carbocycles. The summed E-state index contributed by atoms with van der Waals surface area (Å²) in [7, 11) is 0. The van der Waals surface area contributed by atoms with Gasteiger partial charge in [0.05, 0.1) is 0 Å². The maximum Gasteiger partial charge on any atom is 0.306 e. The van der Waals surface area contributed by atoms with Crippen molar-refractivity contribution in [3.8, 4) is 0 Å². The van der Waals surface area contributed by atoms with Gasteiger partial charge in [-0.2, -0.15) is 0 Å². The second-order valence-corrected chi connectivity index (χ2v) is 18.1. The standard InChI is InChI=1S/C61H102O6/c1-4-7-10-13-15-17-19-21-23-25-27-29-30-32-33-35-37-39-41-43-45-48-51-54-60(63)66-57-58(56-65-59(62)53-50-47-12-9-6-3)67-61(64)55-52-49-46-44-42-40-38-36-34-31-28-26-24-22-20-18-16-14-11-8-5-2/h7,10,15,17,20-23,26-29,32-34,36,58H,4-6,8-9,11-14,16,18-19,24-25,30-31,35,37-57H2,1-3H3/b10-7-,17-15-,22-20-,23-21-,28-26-,29-27-,33-32-,36-34-. The van der Waals surface area contributed by atoms with E-state index in [1.807, 2.05) is 0 Å². The Morgan fingerprint density at radius 2 is 0.582 bits per heavy atom. The number of rotatable bonds is 49. The smallest absolute Gasteiger partial charge is 0.306 e. The molecule has 1 unspecified atom stereocenters. The lowest BCUT2D eigenvalue weighted by Crippen LogP contribution is -2.30. The Kier molecular flexibility index (Phi) is 51.9. The van der Waals surface area contributed by atoms with Crippen LogP contribution in [0.4, 0.5) is 0 Å². The molecule has 0 bridgehead atoms. The molecule has 0 heterocycles. The number of carbonyl (C=O) groups is 3. The molecule has 67 heavy (non-hydrogen) atoms. The maximum absolute atomic E-state index is 12.8. The van der Waals surface area contributed by atoms with Crippen molar-refractivity contribution in [2.24, 2.45) is 0 Å². The highest BCUT2D eigenvalue weighted by molar-refractivity contribution is 5.71. The van der Waals surface area contributed by atoms with Gasteiger partial charge in [-0.1, -0.05) is 227 Å². The molecule has 0 aliphatic heterocycles. The van der Waals surface area contributed by atoms with Crippen LogP contribution in [0, 0.1) is 0 Å². The van der Waals surface area contributed by atoms with Crippen molar-refractivity contribution in [3.05, 3.63) is 97.2 Å². The van der Waals surface area contributed by atoms with Gasteiger partial charge in [0.1, 0.15) is 13.2 Å². The maximum atomic E-state index is 12.8. The minimum atomic E-state index is -0.787. The number of hydrogen-bond acceptors (Lipinski definition) is 6. The lowest BCUT2D eigenvalue weighted by Gasteiger charge is -2.18. The summed E-state index contributed by atoms with van der Waals surface area (Å²) in [6, 6.07) is 0. The van der Waals surface area contributed by atoms with Gasteiger partial charge < -0.3 is 14.2 Å². The van der Waals surface area contributed by atoms with Gasteiger partial charge in [-0.25, -0.2) is 0 Å². The van der Waals surface area contributed by atoms with Crippen LogP contribution in [-0.2, 0) is 28.6 Å². The number of unbranched alkanes of at least 4 members (excludes halogenated alkanes) is 22. The zero-order valence-corrected chi connectivity index (χ0v) is 43.6. The van der Waals surface area contributed by atoms with Gasteiger partial charge in [-0.05, 0) is 103 Å². The first kappa shape index (κ1) is 63.3. The second kappa shape index (κ2) is 54.9. The van der Waals surface area contributed by atoms with Crippen LogP contribution >= 0.6 is 0 Å². The van der Waals surface area contributed by atoms with E-state index in [4.69, 9.17) is 14.2 Å². The van der Waals surface area contributed by atoms with Gasteiger partial charge in [0.15, 0.2) is 6.10 Å². The Morgan fingerprint density at radius 3 is 0.910 bits per heavy atom. The third-order valence-electron chi connectivity index (χ3n) is 11.6. The van der Waals surface area contributed by atoms with Crippen molar-refractivity contribution in [1.29, 1.82) is 0 Å². The number of carbonyl (C=O) groups excluding carboxylic acids is 3. The Morgan fingerprint density at radius 1 is 0.313 bits per heavy atom. The van der Waals surface area contributed by atoms with Gasteiger partial charge in [0.25, 0.3) is 0 Å². The molecule has 0 saturated carbocycles. The predicted molar refractivity (Wildman–Crippen MR) is 288 cm³/mol. The van der Waals surface area contributed by atoms with Crippen LogP contribution in [-0.4, -0.2) is 37.2 Å². The Balaban J connectivity index is 4.19. The van der Waals surface area contributed by atoms with Crippen molar-refractivity contribution in [2.45, 2.75) is 258 Å². The fraction of sp³-hybridized carbons (Fsp3) is 0.689. The molecule has 0 radical (unpaired) electrons. The fourth-order valence-electron chi connectivity index (χ4n) is 7.42. The molecule has 382 valence electrons. The van der Waals surface area contributed by atoms with Crippen LogP contribution < -0.4 is 0 Å². The van der Waals surface area contributed by atoms with E-state index in [1.54, 1.807) is 0 Å². The SMILES string of the molecule is CC/C=C\C/C=C\C/C=C\C/C=C\C/C=C\CCCCCCCCCC(=O)OCC(COC(=O)CCCCCCC)OC(=O)CCCCCCCC/C=C\C/C=C\C/C=C\CCCCCCC. The van der Waals surface area contributed by atoms with E-state index in [-0.39, 0.29) is 31.1 Å². The third kappa shape index (κ3) is 53.2. The van der Waals surface area contributed by atoms with Crippen molar-refractivity contribution in [3.63, 3.8) is 0 Å². The number of allylic oxidation sites excluding steroid dienone is 16. The molecule has 0 amide bonds. The second-order valence-electron chi connectivity index (χ2n) is 18.1. The third-order valence-corrected chi connectivity index (χ3v) is 11.6. The minimum absolute atomic E-state index is 0.0880. The summed E-state index contributed by atoms with van der Waals surface area (Å²) in [4.78, 5) is 37.8. The van der Waals surface area contributed by atoms with E-state index >= 15 is 0 Å². The molecular weight excluding hydrogens is 829 g/mol. The lowest BCUT2D eigenvalue weighted by molar-refractivity contribution is -0.167. The highest BCUT2D eigenvalue weighted by atomic mass is 16.6. The topological polar surface area (TPSA) is 78.9 Å². The molecule has 0 rings (SSSR count). The van der Waals surface area contributed by atoms with Crippen molar-refractivity contribution in [2.75, 3.05) is 13.2 Å². The Hall–Kier alpha value is -3.67. The van der Waals surface area contributed by atoms with Crippen LogP contribution in [0.5, 0.6) is 0 Å². The first-order valence-electron chi connectivity index (χ1n) is 27.7. The lowest BCUT2D eigenvalue weighted by atomic mass is 10.1. The fourth-order valence-corrected chi connectivity index (χ4v) is 7.42. The summed E-state index contributed by atoms with van der Waals surface area (Å²) in [5.41, 5.74) is 0. The van der Waals surface area contributed by atoms with E-state index in [1.165, 1.54) is 83.5 Å². The molecule has 0 spiro atoms. The summed E-state index contributed by atoms with van der Waals surface area (Å²) >= 11 is 0. The number of esters is 3. The predicted octanol–water partition coefficient (Wildman–Crippen LogP) is 18.5. The molecular formula is C61H102O6. The van der Waals surface area contributed by atoms with E-state index in [2.05, 4.69) is 118 Å². The quantitative estimate of drug-likeness (QED) is 0.0262. The van der Waals surface area contributed by atoms with Crippen LogP contribution in [0.15, 0.2) is 97.2 Å². The van der Waals surface area contributed by atoms with Gasteiger partial charge in [-0.3, -0.25) is 14.4 Å². The van der Waals surface area contributed by atoms with Gasteiger partial charge in [0.2, 0.25) is 0 Å². The van der Waals surface area contributed by atoms with Crippen molar-refractivity contribution >= 4 is 17.9 Å². The van der Waals surface area contributed by atoms with E-state index in [0.29, 0.717) is 19.3 Å². The van der Waals surface area contributed by atoms with Crippen LogP contribution in [0.25, 0.3) is 0 Å². The average Bonchev–Trinajstić information content (AvgIpc) is 3.33. The molecule has 6 heteroatoms.